The Bertz CT molecular complexity index is 233. The fraction of sp³-hybridized carbons (Fsp3) is 0.909. The van der Waals surface area contributed by atoms with Gasteiger partial charge >= 0.3 is 5.97 Å². The monoisotopic (exact) mass is 199 g/mol. The van der Waals surface area contributed by atoms with Gasteiger partial charge in [0.15, 0.2) is 0 Å². The Morgan fingerprint density at radius 2 is 2.07 bits per heavy atom. The van der Waals surface area contributed by atoms with Crippen LogP contribution in [0.1, 0.15) is 34.1 Å². The van der Waals surface area contributed by atoms with E-state index >= 15 is 0 Å². The highest BCUT2D eigenvalue weighted by Crippen LogP contribution is 2.44. The summed E-state index contributed by atoms with van der Waals surface area (Å²) in [5, 5.41) is 3.40. The van der Waals surface area contributed by atoms with Crippen LogP contribution in [0.3, 0.4) is 0 Å². The molecule has 0 aromatic rings. The van der Waals surface area contributed by atoms with Gasteiger partial charge in [-0.05, 0) is 25.7 Å². The summed E-state index contributed by atoms with van der Waals surface area (Å²) in [6.45, 7) is 8.96. The van der Waals surface area contributed by atoms with Crippen molar-refractivity contribution in [1.29, 1.82) is 0 Å². The Hall–Kier alpha value is -0.570. The zero-order chi connectivity index (χ0) is 11.0. The molecule has 0 spiro atoms. The Morgan fingerprint density at radius 1 is 1.57 bits per heavy atom. The van der Waals surface area contributed by atoms with Gasteiger partial charge < -0.3 is 10.1 Å². The zero-order valence-electron chi connectivity index (χ0n) is 9.81. The third-order valence-electron chi connectivity index (χ3n) is 3.04. The van der Waals surface area contributed by atoms with E-state index in [1.54, 1.807) is 0 Å². The van der Waals surface area contributed by atoms with Crippen LogP contribution in [0.2, 0.25) is 0 Å². The van der Waals surface area contributed by atoms with Crippen LogP contribution in [0.15, 0.2) is 0 Å². The van der Waals surface area contributed by atoms with Crippen molar-refractivity contribution in [3.63, 3.8) is 0 Å². The van der Waals surface area contributed by atoms with Crippen LogP contribution in [-0.2, 0) is 9.53 Å². The highest BCUT2D eigenvalue weighted by atomic mass is 16.5. The fourth-order valence-corrected chi connectivity index (χ4v) is 1.54. The van der Waals surface area contributed by atoms with Gasteiger partial charge in [0.2, 0.25) is 0 Å². The molecular weight excluding hydrogens is 178 g/mol. The number of methoxy groups -OCH3 is 1. The predicted molar refractivity (Wildman–Crippen MR) is 56.0 cm³/mol. The Morgan fingerprint density at radius 3 is 2.43 bits per heavy atom. The lowest BCUT2D eigenvalue weighted by Crippen LogP contribution is -2.38. The minimum Gasteiger partial charge on any atom is -0.469 e. The lowest BCUT2D eigenvalue weighted by molar-refractivity contribution is -0.150. The molecular formula is C11H21NO2. The molecule has 14 heavy (non-hydrogen) atoms. The summed E-state index contributed by atoms with van der Waals surface area (Å²) >= 11 is 0. The summed E-state index contributed by atoms with van der Waals surface area (Å²) in [5.41, 5.74) is -0.0143. The molecule has 0 saturated heterocycles. The third kappa shape index (κ3) is 2.47. The van der Waals surface area contributed by atoms with Crippen LogP contribution in [-0.4, -0.2) is 25.7 Å². The number of hydrogen-bond acceptors (Lipinski definition) is 3. The van der Waals surface area contributed by atoms with E-state index < -0.39 is 5.41 Å². The zero-order valence-corrected chi connectivity index (χ0v) is 9.81. The minimum atomic E-state index is -0.423. The van der Waals surface area contributed by atoms with E-state index in [-0.39, 0.29) is 5.97 Å². The molecule has 1 unspecified atom stereocenters. The average molecular weight is 199 g/mol. The SMILES string of the molecule is COC(=O)C(C)(C)CNC1CC1(C)C. The minimum absolute atomic E-state index is 0.150. The van der Waals surface area contributed by atoms with Gasteiger partial charge in [-0.3, -0.25) is 4.79 Å². The van der Waals surface area contributed by atoms with E-state index in [2.05, 4.69) is 19.2 Å². The molecule has 0 aliphatic heterocycles. The number of nitrogens with one attached hydrogen (secondary N) is 1. The summed E-state index contributed by atoms with van der Waals surface area (Å²) in [6, 6.07) is 0.562. The number of carbonyl (C=O) groups is 1. The van der Waals surface area contributed by atoms with Gasteiger partial charge in [0.05, 0.1) is 12.5 Å². The second-order valence-electron chi connectivity index (χ2n) is 5.50. The second kappa shape index (κ2) is 3.54. The molecule has 1 aliphatic carbocycles. The molecule has 0 amide bonds. The lowest BCUT2D eigenvalue weighted by atomic mass is 9.93. The number of rotatable bonds is 4. The maximum absolute atomic E-state index is 11.4. The third-order valence-corrected chi connectivity index (χ3v) is 3.04. The second-order valence-corrected chi connectivity index (χ2v) is 5.50. The predicted octanol–water partition coefficient (Wildman–Crippen LogP) is 1.57. The standard InChI is InChI=1S/C11H21NO2/c1-10(2)6-8(10)12-7-11(3,4)9(13)14-5/h8,12H,6-7H2,1-5H3. The van der Waals surface area contributed by atoms with Gasteiger partial charge in [-0.15, -0.1) is 0 Å². The molecule has 1 aliphatic rings. The molecule has 0 radical (unpaired) electrons. The molecule has 82 valence electrons. The Kier molecular flexibility index (Phi) is 2.91. The maximum Gasteiger partial charge on any atom is 0.312 e. The van der Waals surface area contributed by atoms with Crippen molar-refractivity contribution in [3.05, 3.63) is 0 Å². The molecule has 1 rings (SSSR count). The highest BCUT2D eigenvalue weighted by molar-refractivity contribution is 5.76. The largest absolute Gasteiger partial charge is 0.469 e. The summed E-state index contributed by atoms with van der Waals surface area (Å²) in [6.07, 6.45) is 1.20. The fourth-order valence-electron chi connectivity index (χ4n) is 1.54. The summed E-state index contributed by atoms with van der Waals surface area (Å²) in [7, 11) is 1.44. The summed E-state index contributed by atoms with van der Waals surface area (Å²) < 4.78 is 4.74. The van der Waals surface area contributed by atoms with Crippen LogP contribution in [0, 0.1) is 10.8 Å². The van der Waals surface area contributed by atoms with Crippen LogP contribution >= 0.6 is 0 Å². The van der Waals surface area contributed by atoms with E-state index in [1.807, 2.05) is 13.8 Å². The molecule has 1 N–H and O–H groups in total. The van der Waals surface area contributed by atoms with Gasteiger partial charge in [-0.25, -0.2) is 0 Å². The van der Waals surface area contributed by atoms with Crippen molar-refractivity contribution in [2.75, 3.05) is 13.7 Å². The Labute approximate surface area is 86.2 Å². The van der Waals surface area contributed by atoms with Crippen molar-refractivity contribution in [3.8, 4) is 0 Å². The van der Waals surface area contributed by atoms with Crippen molar-refractivity contribution >= 4 is 5.97 Å². The molecule has 0 heterocycles. The molecule has 1 saturated carbocycles. The van der Waals surface area contributed by atoms with Crippen molar-refractivity contribution in [2.24, 2.45) is 10.8 Å². The number of esters is 1. The first-order chi connectivity index (χ1) is 6.29. The normalized spacial score (nSPS) is 24.5. The van der Waals surface area contributed by atoms with E-state index in [4.69, 9.17) is 4.74 Å². The van der Waals surface area contributed by atoms with Gasteiger partial charge in [0, 0.05) is 12.6 Å². The number of ether oxygens (including phenoxy) is 1. The molecule has 0 aromatic carbocycles. The molecule has 0 bridgehead atoms. The molecule has 1 atom stereocenters. The Balaban J connectivity index is 2.34. The van der Waals surface area contributed by atoms with Gasteiger partial charge in [-0.1, -0.05) is 13.8 Å². The molecule has 3 nitrogen and oxygen atoms in total. The van der Waals surface area contributed by atoms with Crippen LogP contribution in [0.5, 0.6) is 0 Å². The van der Waals surface area contributed by atoms with Crippen molar-refractivity contribution in [2.45, 2.75) is 40.2 Å². The molecule has 3 heteroatoms. The molecule has 1 fully saturated rings. The van der Waals surface area contributed by atoms with Crippen LogP contribution in [0.25, 0.3) is 0 Å². The first kappa shape index (κ1) is 11.5. The van der Waals surface area contributed by atoms with Crippen molar-refractivity contribution in [1.82, 2.24) is 5.32 Å². The van der Waals surface area contributed by atoms with E-state index in [0.29, 0.717) is 18.0 Å². The first-order valence-electron chi connectivity index (χ1n) is 5.11. The van der Waals surface area contributed by atoms with Gasteiger partial charge in [-0.2, -0.15) is 0 Å². The number of carbonyl (C=O) groups excluding carboxylic acids is 1. The van der Waals surface area contributed by atoms with Crippen molar-refractivity contribution < 1.29 is 9.53 Å². The quantitative estimate of drug-likeness (QED) is 0.698. The first-order valence-corrected chi connectivity index (χ1v) is 5.11. The smallest absolute Gasteiger partial charge is 0.312 e. The lowest BCUT2D eigenvalue weighted by Gasteiger charge is -2.22. The van der Waals surface area contributed by atoms with Gasteiger partial charge in [0.25, 0.3) is 0 Å². The topological polar surface area (TPSA) is 38.3 Å². The summed E-state index contributed by atoms with van der Waals surface area (Å²) in [4.78, 5) is 11.4. The van der Waals surface area contributed by atoms with Crippen LogP contribution < -0.4 is 5.32 Å². The maximum atomic E-state index is 11.4. The van der Waals surface area contributed by atoms with E-state index in [1.165, 1.54) is 13.5 Å². The summed E-state index contributed by atoms with van der Waals surface area (Å²) in [5.74, 6) is -0.150. The molecule has 0 aromatic heterocycles. The highest BCUT2D eigenvalue weighted by Gasteiger charge is 2.46. The van der Waals surface area contributed by atoms with Crippen LogP contribution in [0.4, 0.5) is 0 Å². The van der Waals surface area contributed by atoms with Gasteiger partial charge in [0.1, 0.15) is 0 Å². The van der Waals surface area contributed by atoms with E-state index in [0.717, 1.165) is 0 Å². The van der Waals surface area contributed by atoms with E-state index in [9.17, 15) is 4.79 Å². The number of hydrogen-bond donors (Lipinski definition) is 1. The average Bonchev–Trinajstić information content (AvgIpc) is 2.69.